The van der Waals surface area contributed by atoms with Crippen LogP contribution in [0.3, 0.4) is 0 Å². The molecule has 3 N–H and O–H groups in total. The molecule has 0 saturated heterocycles. The van der Waals surface area contributed by atoms with Crippen LogP contribution in [0.2, 0.25) is 0 Å². The fourth-order valence-corrected chi connectivity index (χ4v) is 2.38. The fourth-order valence-electron chi connectivity index (χ4n) is 2.38. The van der Waals surface area contributed by atoms with Gasteiger partial charge in [0, 0.05) is 37.7 Å². The fraction of sp³-hybridized carbons (Fsp3) is 0.214. The van der Waals surface area contributed by atoms with E-state index in [4.69, 9.17) is 5.73 Å². The van der Waals surface area contributed by atoms with Crippen molar-refractivity contribution >= 4 is 17.4 Å². The number of primary amides is 1. The highest BCUT2D eigenvalue weighted by molar-refractivity contribution is 5.96. The van der Waals surface area contributed by atoms with Gasteiger partial charge in [0.25, 0.3) is 5.91 Å². The zero-order valence-electron chi connectivity index (χ0n) is 10.9. The molecule has 0 atom stereocenters. The standard InChI is InChI=1S/C14H15N5O/c15-13(20)12-14(18-6-5-17-12)19-8-7-16-9-10-3-1-2-4-11(10)19/h1-6,16H,7-9H2,(H2,15,20). The number of carbonyl (C=O) groups excluding carboxylic acids is 1. The molecular weight excluding hydrogens is 254 g/mol. The molecule has 6 heteroatoms. The lowest BCUT2D eigenvalue weighted by Gasteiger charge is -2.24. The van der Waals surface area contributed by atoms with Gasteiger partial charge >= 0.3 is 0 Å². The predicted octanol–water partition coefficient (Wildman–Crippen LogP) is 0.817. The first-order chi connectivity index (χ1) is 9.77. The molecule has 1 aliphatic rings. The second kappa shape index (κ2) is 5.26. The molecule has 2 aromatic rings. The maximum atomic E-state index is 11.5. The SMILES string of the molecule is NC(=O)c1nccnc1N1CCNCc2ccccc21. The van der Waals surface area contributed by atoms with Gasteiger partial charge in [0.2, 0.25) is 0 Å². The number of amides is 1. The zero-order valence-corrected chi connectivity index (χ0v) is 10.9. The molecule has 2 heterocycles. The van der Waals surface area contributed by atoms with Crippen molar-refractivity contribution in [3.8, 4) is 0 Å². The molecule has 1 amide bonds. The number of aromatic nitrogens is 2. The van der Waals surface area contributed by atoms with Crippen LogP contribution in [0.1, 0.15) is 16.1 Å². The monoisotopic (exact) mass is 269 g/mol. The minimum absolute atomic E-state index is 0.198. The largest absolute Gasteiger partial charge is 0.364 e. The summed E-state index contributed by atoms with van der Waals surface area (Å²) in [5, 5.41) is 3.35. The van der Waals surface area contributed by atoms with E-state index in [9.17, 15) is 4.79 Å². The Labute approximate surface area is 116 Å². The number of nitrogens with one attached hydrogen (secondary N) is 1. The number of para-hydroxylation sites is 1. The van der Waals surface area contributed by atoms with Crippen molar-refractivity contribution < 1.29 is 4.79 Å². The first-order valence-electron chi connectivity index (χ1n) is 6.44. The number of benzene rings is 1. The lowest BCUT2D eigenvalue weighted by atomic mass is 10.1. The molecule has 6 nitrogen and oxygen atoms in total. The van der Waals surface area contributed by atoms with E-state index in [1.165, 1.54) is 6.20 Å². The molecule has 20 heavy (non-hydrogen) atoms. The normalized spacial score (nSPS) is 14.5. The molecular formula is C14H15N5O. The van der Waals surface area contributed by atoms with E-state index in [0.29, 0.717) is 12.4 Å². The van der Waals surface area contributed by atoms with E-state index < -0.39 is 5.91 Å². The summed E-state index contributed by atoms with van der Waals surface area (Å²) in [4.78, 5) is 21.9. The van der Waals surface area contributed by atoms with Gasteiger partial charge in [-0.15, -0.1) is 0 Å². The molecule has 0 unspecified atom stereocenters. The Bertz CT molecular complexity index is 643. The van der Waals surface area contributed by atoms with Crippen LogP contribution in [0.15, 0.2) is 36.7 Å². The molecule has 0 aliphatic carbocycles. The topological polar surface area (TPSA) is 84.1 Å². The van der Waals surface area contributed by atoms with Crippen molar-refractivity contribution in [1.29, 1.82) is 0 Å². The van der Waals surface area contributed by atoms with Gasteiger partial charge in [0.05, 0.1) is 0 Å². The third kappa shape index (κ3) is 2.21. The first kappa shape index (κ1) is 12.6. The van der Waals surface area contributed by atoms with Crippen molar-refractivity contribution in [2.75, 3.05) is 18.0 Å². The average Bonchev–Trinajstić information content (AvgIpc) is 2.69. The van der Waals surface area contributed by atoms with Crippen LogP contribution in [0.4, 0.5) is 11.5 Å². The number of hydrogen-bond acceptors (Lipinski definition) is 5. The maximum Gasteiger partial charge on any atom is 0.271 e. The van der Waals surface area contributed by atoms with Crippen LogP contribution >= 0.6 is 0 Å². The smallest absolute Gasteiger partial charge is 0.271 e. The Morgan fingerprint density at radius 2 is 2.05 bits per heavy atom. The third-order valence-electron chi connectivity index (χ3n) is 3.28. The molecule has 3 rings (SSSR count). The van der Waals surface area contributed by atoms with Gasteiger partial charge in [-0.25, -0.2) is 9.97 Å². The number of anilines is 2. The van der Waals surface area contributed by atoms with Crippen LogP contribution in [0, 0.1) is 0 Å². The minimum Gasteiger partial charge on any atom is -0.364 e. The van der Waals surface area contributed by atoms with Gasteiger partial charge in [-0.3, -0.25) is 4.79 Å². The molecule has 0 fully saturated rings. The number of fused-ring (bicyclic) bond motifs is 1. The molecule has 102 valence electrons. The number of nitrogens with zero attached hydrogens (tertiary/aromatic N) is 3. The van der Waals surface area contributed by atoms with Gasteiger partial charge in [-0.2, -0.15) is 0 Å². The summed E-state index contributed by atoms with van der Waals surface area (Å²) >= 11 is 0. The molecule has 1 aromatic carbocycles. The van der Waals surface area contributed by atoms with Gasteiger partial charge in [-0.1, -0.05) is 18.2 Å². The van der Waals surface area contributed by atoms with E-state index in [0.717, 1.165) is 24.3 Å². The highest BCUT2D eigenvalue weighted by atomic mass is 16.1. The van der Waals surface area contributed by atoms with Crippen LogP contribution in [-0.4, -0.2) is 29.0 Å². The number of carbonyl (C=O) groups is 1. The van der Waals surface area contributed by atoms with Gasteiger partial charge in [0.15, 0.2) is 11.5 Å². The van der Waals surface area contributed by atoms with E-state index in [1.807, 2.05) is 23.1 Å². The summed E-state index contributed by atoms with van der Waals surface area (Å²) in [6.45, 7) is 2.29. The maximum absolute atomic E-state index is 11.5. The zero-order chi connectivity index (χ0) is 13.9. The van der Waals surface area contributed by atoms with Crippen molar-refractivity contribution in [3.05, 3.63) is 47.9 Å². The quantitative estimate of drug-likeness (QED) is 0.843. The molecule has 1 aromatic heterocycles. The van der Waals surface area contributed by atoms with Gasteiger partial charge in [-0.05, 0) is 11.6 Å². The summed E-state index contributed by atoms with van der Waals surface area (Å²) in [7, 11) is 0. The summed E-state index contributed by atoms with van der Waals surface area (Å²) in [5.74, 6) is -0.0565. The minimum atomic E-state index is -0.567. The van der Waals surface area contributed by atoms with Gasteiger partial charge in [0.1, 0.15) is 0 Å². The van der Waals surface area contributed by atoms with Crippen LogP contribution < -0.4 is 16.0 Å². The first-order valence-corrected chi connectivity index (χ1v) is 6.44. The Kier molecular flexibility index (Phi) is 3.30. The van der Waals surface area contributed by atoms with Crippen LogP contribution in [0.25, 0.3) is 0 Å². The number of rotatable bonds is 2. The van der Waals surface area contributed by atoms with E-state index in [1.54, 1.807) is 6.20 Å². The van der Waals surface area contributed by atoms with Gasteiger partial charge < -0.3 is 16.0 Å². The van der Waals surface area contributed by atoms with E-state index in [-0.39, 0.29) is 5.69 Å². The number of nitrogens with two attached hydrogens (primary N) is 1. The molecule has 0 bridgehead atoms. The number of hydrogen-bond donors (Lipinski definition) is 2. The van der Waals surface area contributed by atoms with Crippen molar-refractivity contribution in [2.45, 2.75) is 6.54 Å². The summed E-state index contributed by atoms with van der Waals surface area (Å²) in [5.41, 5.74) is 7.78. The highest BCUT2D eigenvalue weighted by Gasteiger charge is 2.22. The summed E-state index contributed by atoms with van der Waals surface area (Å²) in [6, 6.07) is 8.04. The van der Waals surface area contributed by atoms with E-state index >= 15 is 0 Å². The predicted molar refractivity (Wildman–Crippen MR) is 75.7 cm³/mol. The summed E-state index contributed by atoms with van der Waals surface area (Å²) < 4.78 is 0. The van der Waals surface area contributed by atoms with Crippen molar-refractivity contribution in [3.63, 3.8) is 0 Å². The Hall–Kier alpha value is -2.47. The van der Waals surface area contributed by atoms with Crippen molar-refractivity contribution in [2.24, 2.45) is 5.73 Å². The van der Waals surface area contributed by atoms with Crippen molar-refractivity contribution in [1.82, 2.24) is 15.3 Å². The molecule has 0 radical (unpaired) electrons. The molecule has 0 saturated carbocycles. The second-order valence-corrected chi connectivity index (χ2v) is 4.55. The Balaban J connectivity index is 2.13. The molecule has 0 spiro atoms. The van der Waals surface area contributed by atoms with Crippen LogP contribution in [0.5, 0.6) is 0 Å². The average molecular weight is 269 g/mol. The Morgan fingerprint density at radius 1 is 1.25 bits per heavy atom. The lowest BCUT2D eigenvalue weighted by molar-refractivity contribution is 0.0996. The highest BCUT2D eigenvalue weighted by Crippen LogP contribution is 2.29. The second-order valence-electron chi connectivity index (χ2n) is 4.55. The Morgan fingerprint density at radius 3 is 2.90 bits per heavy atom. The third-order valence-corrected chi connectivity index (χ3v) is 3.28. The van der Waals surface area contributed by atoms with E-state index in [2.05, 4.69) is 21.4 Å². The van der Waals surface area contributed by atoms with Crippen LogP contribution in [-0.2, 0) is 6.54 Å². The summed E-state index contributed by atoms with van der Waals surface area (Å²) in [6.07, 6.45) is 3.05. The molecule has 1 aliphatic heterocycles. The lowest BCUT2D eigenvalue weighted by Crippen LogP contribution is -2.28.